The van der Waals surface area contributed by atoms with Crippen LogP contribution in [-0.2, 0) is 9.59 Å². The molecule has 1 aromatic heterocycles. The van der Waals surface area contributed by atoms with E-state index in [9.17, 15) is 9.59 Å². The molecule has 144 valence electrons. The minimum absolute atomic E-state index is 0.0507. The molecule has 0 bridgehead atoms. The van der Waals surface area contributed by atoms with Gasteiger partial charge in [0.15, 0.2) is 0 Å². The van der Waals surface area contributed by atoms with Crippen molar-refractivity contribution in [3.63, 3.8) is 0 Å². The van der Waals surface area contributed by atoms with E-state index in [1.165, 1.54) is 17.3 Å². The van der Waals surface area contributed by atoms with E-state index in [4.69, 9.17) is 0 Å². The standard InChI is InChI=1S/C21H23N5O2/c1-3-19(16-7-5-4-6-8-16)21(28)25-18-11-9-17(10-12-18)24-20(27)15(2)26-14-22-13-23-26/h4-15,19H,3H2,1-2H3,(H,24,27)(H,25,28)/t15-,19+/m1/s1. The van der Waals surface area contributed by atoms with Crippen LogP contribution in [0.3, 0.4) is 0 Å². The third-order valence-corrected chi connectivity index (χ3v) is 4.56. The van der Waals surface area contributed by atoms with E-state index in [0.29, 0.717) is 17.8 Å². The van der Waals surface area contributed by atoms with Gasteiger partial charge in [-0.25, -0.2) is 9.67 Å². The van der Waals surface area contributed by atoms with Gasteiger partial charge in [0.25, 0.3) is 0 Å². The van der Waals surface area contributed by atoms with Gasteiger partial charge in [0.2, 0.25) is 11.8 Å². The van der Waals surface area contributed by atoms with Crippen molar-refractivity contribution < 1.29 is 9.59 Å². The quantitative estimate of drug-likeness (QED) is 0.658. The monoisotopic (exact) mass is 377 g/mol. The highest BCUT2D eigenvalue weighted by molar-refractivity contribution is 5.97. The van der Waals surface area contributed by atoms with Crippen LogP contribution in [0, 0.1) is 0 Å². The number of hydrogen-bond acceptors (Lipinski definition) is 4. The summed E-state index contributed by atoms with van der Waals surface area (Å²) >= 11 is 0. The average Bonchev–Trinajstić information content (AvgIpc) is 3.25. The van der Waals surface area contributed by atoms with E-state index in [-0.39, 0.29) is 17.7 Å². The number of anilines is 2. The summed E-state index contributed by atoms with van der Waals surface area (Å²) in [6.07, 6.45) is 3.60. The number of carbonyl (C=O) groups is 2. The van der Waals surface area contributed by atoms with Crippen LogP contribution in [0.15, 0.2) is 67.3 Å². The predicted molar refractivity (Wildman–Crippen MR) is 108 cm³/mol. The molecule has 3 rings (SSSR count). The molecule has 0 unspecified atom stereocenters. The molecule has 3 aromatic rings. The van der Waals surface area contributed by atoms with Crippen LogP contribution < -0.4 is 10.6 Å². The Labute approximate surface area is 163 Å². The number of nitrogens with zero attached hydrogens (tertiary/aromatic N) is 3. The van der Waals surface area contributed by atoms with Crippen LogP contribution in [0.2, 0.25) is 0 Å². The molecule has 0 aliphatic heterocycles. The largest absolute Gasteiger partial charge is 0.326 e. The first-order valence-electron chi connectivity index (χ1n) is 9.19. The Bertz CT molecular complexity index is 908. The summed E-state index contributed by atoms with van der Waals surface area (Å²) in [6, 6.07) is 16.3. The Hall–Kier alpha value is -3.48. The number of benzene rings is 2. The van der Waals surface area contributed by atoms with Crippen LogP contribution in [0.25, 0.3) is 0 Å². The van der Waals surface area contributed by atoms with Crippen molar-refractivity contribution in [2.45, 2.75) is 32.2 Å². The molecule has 2 N–H and O–H groups in total. The Morgan fingerprint density at radius 2 is 1.57 bits per heavy atom. The second-order valence-electron chi connectivity index (χ2n) is 6.48. The van der Waals surface area contributed by atoms with Gasteiger partial charge in [-0.15, -0.1) is 0 Å². The fourth-order valence-corrected chi connectivity index (χ4v) is 2.91. The highest BCUT2D eigenvalue weighted by Gasteiger charge is 2.19. The SMILES string of the molecule is CC[C@H](C(=O)Nc1ccc(NC(=O)[C@@H](C)n2cncn2)cc1)c1ccccc1. The molecule has 0 saturated carbocycles. The molecular formula is C21H23N5O2. The summed E-state index contributed by atoms with van der Waals surface area (Å²) in [4.78, 5) is 28.8. The topological polar surface area (TPSA) is 88.9 Å². The molecule has 28 heavy (non-hydrogen) atoms. The van der Waals surface area contributed by atoms with Crippen LogP contribution in [0.1, 0.15) is 37.8 Å². The molecule has 0 aliphatic rings. The fraction of sp³-hybridized carbons (Fsp3) is 0.238. The number of amides is 2. The molecule has 2 atom stereocenters. The Morgan fingerprint density at radius 3 is 2.11 bits per heavy atom. The van der Waals surface area contributed by atoms with Gasteiger partial charge >= 0.3 is 0 Å². The normalized spacial score (nSPS) is 12.8. The van der Waals surface area contributed by atoms with Crippen molar-refractivity contribution >= 4 is 23.2 Å². The van der Waals surface area contributed by atoms with E-state index < -0.39 is 6.04 Å². The molecule has 0 saturated heterocycles. The highest BCUT2D eigenvalue weighted by atomic mass is 16.2. The predicted octanol–water partition coefficient (Wildman–Crippen LogP) is 3.61. The molecule has 0 aliphatic carbocycles. The lowest BCUT2D eigenvalue weighted by atomic mass is 9.95. The van der Waals surface area contributed by atoms with Gasteiger partial charge in [0, 0.05) is 11.4 Å². The zero-order valence-corrected chi connectivity index (χ0v) is 15.9. The Kier molecular flexibility index (Phi) is 6.16. The van der Waals surface area contributed by atoms with Gasteiger partial charge in [-0.2, -0.15) is 5.10 Å². The van der Waals surface area contributed by atoms with Crippen LogP contribution in [0.4, 0.5) is 11.4 Å². The molecular weight excluding hydrogens is 354 g/mol. The van der Waals surface area contributed by atoms with Crippen LogP contribution in [-0.4, -0.2) is 26.6 Å². The van der Waals surface area contributed by atoms with Crippen LogP contribution in [0.5, 0.6) is 0 Å². The molecule has 2 aromatic carbocycles. The zero-order valence-electron chi connectivity index (χ0n) is 15.9. The molecule has 1 heterocycles. The van der Waals surface area contributed by atoms with E-state index in [1.54, 1.807) is 31.2 Å². The lowest BCUT2D eigenvalue weighted by Gasteiger charge is -2.16. The minimum Gasteiger partial charge on any atom is -0.326 e. The summed E-state index contributed by atoms with van der Waals surface area (Å²) in [5.74, 6) is -0.452. The summed E-state index contributed by atoms with van der Waals surface area (Å²) in [5.41, 5.74) is 2.32. The second kappa shape index (κ2) is 8.94. The average molecular weight is 377 g/mol. The number of nitrogens with one attached hydrogen (secondary N) is 2. The van der Waals surface area contributed by atoms with E-state index >= 15 is 0 Å². The molecule has 7 nitrogen and oxygen atoms in total. The first-order chi connectivity index (χ1) is 13.6. The van der Waals surface area contributed by atoms with Gasteiger partial charge in [-0.1, -0.05) is 37.3 Å². The number of carbonyl (C=O) groups excluding carboxylic acids is 2. The Balaban J connectivity index is 1.61. The van der Waals surface area contributed by atoms with Gasteiger partial charge in [0.05, 0.1) is 5.92 Å². The van der Waals surface area contributed by atoms with Crippen LogP contribution >= 0.6 is 0 Å². The van der Waals surface area contributed by atoms with Gasteiger partial charge in [-0.05, 0) is 43.2 Å². The lowest BCUT2D eigenvalue weighted by Crippen LogP contribution is -2.24. The summed E-state index contributed by atoms with van der Waals surface area (Å²) < 4.78 is 1.48. The fourth-order valence-electron chi connectivity index (χ4n) is 2.91. The number of aromatic nitrogens is 3. The molecule has 0 radical (unpaired) electrons. The zero-order chi connectivity index (χ0) is 19.9. The summed E-state index contributed by atoms with van der Waals surface area (Å²) in [6.45, 7) is 3.74. The number of rotatable bonds is 7. The van der Waals surface area contributed by atoms with Crippen molar-refractivity contribution in [1.82, 2.24) is 14.8 Å². The van der Waals surface area contributed by atoms with E-state index in [2.05, 4.69) is 20.7 Å². The molecule has 2 amide bonds. The maximum atomic E-state index is 12.6. The third-order valence-electron chi connectivity index (χ3n) is 4.56. The van der Waals surface area contributed by atoms with E-state index in [0.717, 1.165) is 5.56 Å². The van der Waals surface area contributed by atoms with Crippen molar-refractivity contribution in [3.8, 4) is 0 Å². The Morgan fingerprint density at radius 1 is 0.964 bits per heavy atom. The first-order valence-corrected chi connectivity index (χ1v) is 9.19. The highest BCUT2D eigenvalue weighted by Crippen LogP contribution is 2.22. The molecule has 0 spiro atoms. The maximum Gasteiger partial charge on any atom is 0.249 e. The van der Waals surface area contributed by atoms with Crippen molar-refractivity contribution in [1.29, 1.82) is 0 Å². The van der Waals surface area contributed by atoms with E-state index in [1.807, 2.05) is 37.3 Å². The lowest BCUT2D eigenvalue weighted by molar-refractivity contribution is -0.119. The summed E-state index contributed by atoms with van der Waals surface area (Å²) in [5, 5.41) is 9.75. The second-order valence-corrected chi connectivity index (χ2v) is 6.48. The third kappa shape index (κ3) is 4.62. The molecule has 7 heteroatoms. The van der Waals surface area contributed by atoms with Gasteiger partial charge in [-0.3, -0.25) is 9.59 Å². The van der Waals surface area contributed by atoms with Gasteiger partial charge in [0.1, 0.15) is 18.7 Å². The first kappa shape index (κ1) is 19.3. The van der Waals surface area contributed by atoms with Crippen molar-refractivity contribution in [2.75, 3.05) is 10.6 Å². The van der Waals surface area contributed by atoms with Crippen molar-refractivity contribution in [3.05, 3.63) is 72.8 Å². The molecule has 0 fully saturated rings. The van der Waals surface area contributed by atoms with Gasteiger partial charge < -0.3 is 10.6 Å². The maximum absolute atomic E-state index is 12.6. The van der Waals surface area contributed by atoms with Crippen molar-refractivity contribution in [2.24, 2.45) is 0 Å². The minimum atomic E-state index is -0.474. The number of hydrogen-bond donors (Lipinski definition) is 2. The smallest absolute Gasteiger partial charge is 0.249 e. The summed E-state index contributed by atoms with van der Waals surface area (Å²) in [7, 11) is 0.